The van der Waals surface area contributed by atoms with E-state index in [1.807, 2.05) is 0 Å². The van der Waals surface area contributed by atoms with Crippen LogP contribution in [0.25, 0.3) is 0 Å². The molecular weight excluding hydrogens is 272 g/mol. The van der Waals surface area contributed by atoms with Crippen LogP contribution in [0.2, 0.25) is 0 Å². The minimum Gasteiger partial charge on any atom is -0.490 e. The van der Waals surface area contributed by atoms with Crippen molar-refractivity contribution in [2.24, 2.45) is 5.92 Å². The molecule has 21 heavy (non-hydrogen) atoms. The smallest absolute Gasteiger partial charge is 0.311 e. The number of methoxy groups -OCH3 is 1. The van der Waals surface area contributed by atoms with E-state index in [0.717, 1.165) is 25.7 Å². The zero-order valence-electron chi connectivity index (χ0n) is 12.5. The van der Waals surface area contributed by atoms with E-state index in [4.69, 9.17) is 4.74 Å². The summed E-state index contributed by atoms with van der Waals surface area (Å²) in [4.78, 5) is 10.4. The molecule has 0 aliphatic heterocycles. The highest BCUT2D eigenvalue weighted by Crippen LogP contribution is 2.33. The minimum atomic E-state index is -0.693. The van der Waals surface area contributed by atoms with Crippen LogP contribution in [0.4, 0.5) is 11.4 Å². The summed E-state index contributed by atoms with van der Waals surface area (Å²) >= 11 is 0. The Morgan fingerprint density at radius 3 is 2.71 bits per heavy atom. The topological polar surface area (TPSA) is 84.6 Å². The highest BCUT2D eigenvalue weighted by molar-refractivity contribution is 5.58. The third-order valence-corrected chi connectivity index (χ3v) is 4.20. The summed E-state index contributed by atoms with van der Waals surface area (Å²) < 4.78 is 5.03. The Balaban J connectivity index is 2.02. The van der Waals surface area contributed by atoms with E-state index in [0.29, 0.717) is 18.2 Å². The van der Waals surface area contributed by atoms with Crippen LogP contribution >= 0.6 is 0 Å². The van der Waals surface area contributed by atoms with Crippen molar-refractivity contribution in [1.29, 1.82) is 0 Å². The molecule has 1 aliphatic rings. The van der Waals surface area contributed by atoms with E-state index in [1.165, 1.54) is 13.2 Å². The quantitative estimate of drug-likeness (QED) is 0.644. The van der Waals surface area contributed by atoms with E-state index < -0.39 is 10.5 Å². The Hall–Kier alpha value is -1.82. The predicted molar refractivity (Wildman–Crippen MR) is 80.7 cm³/mol. The van der Waals surface area contributed by atoms with Crippen LogP contribution in [0.15, 0.2) is 18.2 Å². The molecule has 0 spiro atoms. The van der Waals surface area contributed by atoms with Gasteiger partial charge < -0.3 is 15.2 Å². The van der Waals surface area contributed by atoms with Gasteiger partial charge in [0, 0.05) is 24.4 Å². The third-order valence-electron chi connectivity index (χ3n) is 4.20. The fourth-order valence-corrected chi connectivity index (χ4v) is 2.68. The molecular formula is C15H22N2O4. The van der Waals surface area contributed by atoms with Crippen molar-refractivity contribution >= 4 is 11.4 Å². The molecule has 6 heteroatoms. The lowest BCUT2D eigenvalue weighted by Crippen LogP contribution is -2.40. The maximum absolute atomic E-state index is 10.8. The Bertz CT molecular complexity index is 510. The largest absolute Gasteiger partial charge is 0.490 e. The van der Waals surface area contributed by atoms with Gasteiger partial charge in [0.15, 0.2) is 5.75 Å². The number of nitrogens with one attached hydrogen (secondary N) is 1. The number of nitro groups is 1. The summed E-state index contributed by atoms with van der Waals surface area (Å²) in [7, 11) is 1.40. The molecule has 0 unspecified atom stereocenters. The first-order chi connectivity index (χ1) is 9.93. The molecule has 1 fully saturated rings. The lowest BCUT2D eigenvalue weighted by atomic mass is 9.79. The average molecular weight is 294 g/mol. The molecule has 0 heterocycles. The molecule has 116 valence electrons. The van der Waals surface area contributed by atoms with E-state index in [2.05, 4.69) is 12.2 Å². The maximum Gasteiger partial charge on any atom is 0.311 e. The summed E-state index contributed by atoms with van der Waals surface area (Å²) in [6.45, 7) is 2.65. The molecule has 2 N–H and O–H groups in total. The minimum absolute atomic E-state index is 0.0618. The van der Waals surface area contributed by atoms with E-state index in [-0.39, 0.29) is 11.4 Å². The monoisotopic (exact) mass is 294 g/mol. The van der Waals surface area contributed by atoms with Crippen LogP contribution in [-0.2, 0) is 0 Å². The Kier molecular flexibility index (Phi) is 4.67. The summed E-state index contributed by atoms with van der Waals surface area (Å²) in [5, 5.41) is 24.5. The molecule has 0 saturated heterocycles. The molecule has 0 amide bonds. The van der Waals surface area contributed by atoms with Gasteiger partial charge in [-0.1, -0.05) is 6.92 Å². The van der Waals surface area contributed by atoms with Gasteiger partial charge in [-0.3, -0.25) is 10.1 Å². The van der Waals surface area contributed by atoms with Crippen molar-refractivity contribution in [2.75, 3.05) is 19.0 Å². The maximum atomic E-state index is 10.8. The number of nitro benzene ring substituents is 1. The van der Waals surface area contributed by atoms with Crippen LogP contribution in [0.3, 0.4) is 0 Å². The molecule has 2 rings (SSSR count). The van der Waals surface area contributed by atoms with Crippen LogP contribution in [0.5, 0.6) is 5.75 Å². The number of anilines is 1. The van der Waals surface area contributed by atoms with Gasteiger partial charge in [0.05, 0.1) is 17.6 Å². The van der Waals surface area contributed by atoms with Crippen molar-refractivity contribution in [2.45, 2.75) is 38.2 Å². The van der Waals surface area contributed by atoms with Crippen LogP contribution in [-0.4, -0.2) is 29.3 Å². The van der Waals surface area contributed by atoms with Gasteiger partial charge in [-0.25, -0.2) is 0 Å². The SMILES string of the molecule is COc1cc(NCC2(O)CCC(C)CC2)ccc1[N+](=O)[O-]. The second-order valence-corrected chi connectivity index (χ2v) is 5.90. The van der Waals surface area contributed by atoms with Crippen molar-refractivity contribution in [3.8, 4) is 5.75 Å². The number of benzene rings is 1. The van der Waals surface area contributed by atoms with Gasteiger partial charge in [-0.2, -0.15) is 0 Å². The van der Waals surface area contributed by atoms with Gasteiger partial charge in [-0.05, 0) is 37.7 Å². The van der Waals surface area contributed by atoms with E-state index >= 15 is 0 Å². The van der Waals surface area contributed by atoms with Crippen LogP contribution in [0.1, 0.15) is 32.6 Å². The average Bonchev–Trinajstić information content (AvgIpc) is 2.48. The number of hydrogen-bond donors (Lipinski definition) is 2. The van der Waals surface area contributed by atoms with Crippen molar-refractivity contribution in [1.82, 2.24) is 0 Å². The zero-order valence-corrected chi connectivity index (χ0v) is 12.5. The molecule has 1 aliphatic carbocycles. The molecule has 0 atom stereocenters. The highest BCUT2D eigenvalue weighted by Gasteiger charge is 2.31. The number of nitrogens with zero attached hydrogens (tertiary/aromatic N) is 1. The van der Waals surface area contributed by atoms with Crippen molar-refractivity contribution in [3.05, 3.63) is 28.3 Å². The fourth-order valence-electron chi connectivity index (χ4n) is 2.68. The normalized spacial score (nSPS) is 25.4. The summed E-state index contributed by atoms with van der Waals surface area (Å²) in [5.41, 5.74) is -0.0422. The van der Waals surface area contributed by atoms with Crippen molar-refractivity contribution in [3.63, 3.8) is 0 Å². The number of ether oxygens (including phenoxy) is 1. The van der Waals surface area contributed by atoms with Gasteiger partial charge in [0.25, 0.3) is 0 Å². The lowest BCUT2D eigenvalue weighted by molar-refractivity contribution is -0.385. The second-order valence-electron chi connectivity index (χ2n) is 5.90. The van der Waals surface area contributed by atoms with Gasteiger partial charge in [0.1, 0.15) is 0 Å². The number of aliphatic hydroxyl groups is 1. The predicted octanol–water partition coefficient (Wildman–Crippen LogP) is 2.96. The zero-order chi connectivity index (χ0) is 15.5. The standard InChI is InChI=1S/C15H22N2O4/c1-11-5-7-15(18,8-6-11)10-16-12-3-4-13(17(19)20)14(9-12)21-2/h3-4,9,11,16,18H,5-8,10H2,1-2H3. The Labute approximate surface area is 124 Å². The number of hydrogen-bond acceptors (Lipinski definition) is 5. The summed E-state index contributed by atoms with van der Waals surface area (Å²) in [6.07, 6.45) is 3.63. The first-order valence-electron chi connectivity index (χ1n) is 7.22. The first-order valence-corrected chi connectivity index (χ1v) is 7.22. The van der Waals surface area contributed by atoms with Crippen molar-refractivity contribution < 1.29 is 14.8 Å². The Morgan fingerprint density at radius 1 is 1.48 bits per heavy atom. The van der Waals surface area contributed by atoms with Gasteiger partial charge in [-0.15, -0.1) is 0 Å². The first kappa shape index (κ1) is 15.6. The third kappa shape index (κ3) is 3.85. The number of rotatable bonds is 5. The van der Waals surface area contributed by atoms with E-state index in [9.17, 15) is 15.2 Å². The molecule has 1 aromatic rings. The molecule has 6 nitrogen and oxygen atoms in total. The lowest BCUT2D eigenvalue weighted by Gasteiger charge is -2.35. The summed E-state index contributed by atoms with van der Waals surface area (Å²) in [6, 6.07) is 4.64. The van der Waals surface area contributed by atoms with Gasteiger partial charge in [0.2, 0.25) is 0 Å². The molecule has 0 aromatic heterocycles. The fraction of sp³-hybridized carbons (Fsp3) is 0.600. The molecule has 1 aromatic carbocycles. The molecule has 1 saturated carbocycles. The molecule has 0 radical (unpaired) electrons. The Morgan fingerprint density at radius 2 is 2.14 bits per heavy atom. The summed E-state index contributed by atoms with van der Waals surface area (Å²) in [5.74, 6) is 0.888. The van der Waals surface area contributed by atoms with E-state index in [1.54, 1.807) is 12.1 Å². The van der Waals surface area contributed by atoms with Crippen LogP contribution in [0, 0.1) is 16.0 Å². The van der Waals surface area contributed by atoms with Crippen LogP contribution < -0.4 is 10.1 Å². The second kappa shape index (κ2) is 6.30. The van der Waals surface area contributed by atoms with Gasteiger partial charge >= 0.3 is 5.69 Å². The highest BCUT2D eigenvalue weighted by atomic mass is 16.6. The molecule has 0 bridgehead atoms.